The molecule has 0 bridgehead atoms. The molecular weight excluding hydrogens is 884 g/mol. The summed E-state index contributed by atoms with van der Waals surface area (Å²) in [6.45, 7) is 25.9. The van der Waals surface area contributed by atoms with Crippen LogP contribution in [0.3, 0.4) is 0 Å². The summed E-state index contributed by atoms with van der Waals surface area (Å²) >= 11 is 1.91. The number of benzene rings is 8. The van der Waals surface area contributed by atoms with Crippen molar-refractivity contribution in [2.45, 2.75) is 111 Å². The van der Waals surface area contributed by atoms with Crippen LogP contribution in [0.5, 0.6) is 23.0 Å². The van der Waals surface area contributed by atoms with E-state index in [4.69, 9.17) is 9.47 Å². The van der Waals surface area contributed by atoms with E-state index in [1.54, 1.807) is 0 Å². The summed E-state index contributed by atoms with van der Waals surface area (Å²) in [5, 5.41) is 2.57. The number of anilines is 5. The molecule has 4 nitrogen and oxygen atoms in total. The second-order valence-corrected chi connectivity index (χ2v) is 25.1. The Bertz CT molecular complexity index is 3720. The number of aryl methyl sites for hydroxylation is 1. The monoisotopic (exact) mass is 944 g/mol. The molecule has 0 saturated carbocycles. The van der Waals surface area contributed by atoms with Crippen LogP contribution < -0.4 is 30.1 Å². The van der Waals surface area contributed by atoms with Crippen molar-refractivity contribution in [3.63, 3.8) is 0 Å². The molecular formula is C65H61BN2O2S. The second-order valence-electron chi connectivity index (χ2n) is 24.1. The van der Waals surface area contributed by atoms with Gasteiger partial charge in [0.15, 0.2) is 23.0 Å². The highest BCUT2D eigenvalue weighted by atomic mass is 32.1. The Morgan fingerprint density at radius 1 is 0.521 bits per heavy atom. The molecule has 0 unspecified atom stereocenters. The highest BCUT2D eigenvalue weighted by Gasteiger charge is 2.49. The van der Waals surface area contributed by atoms with Gasteiger partial charge in [0.1, 0.15) is 0 Å². The number of rotatable bonds is 3. The summed E-state index contributed by atoms with van der Waals surface area (Å²) in [7, 11) is 0. The van der Waals surface area contributed by atoms with Gasteiger partial charge >= 0.3 is 6.85 Å². The van der Waals surface area contributed by atoms with Crippen molar-refractivity contribution in [1.82, 2.24) is 0 Å². The van der Waals surface area contributed by atoms with E-state index in [1.165, 1.54) is 104 Å². The summed E-state index contributed by atoms with van der Waals surface area (Å²) in [5.74, 6) is 2.89. The first-order chi connectivity index (χ1) is 33.9. The Morgan fingerprint density at radius 2 is 1.15 bits per heavy atom. The average Bonchev–Trinajstić information content (AvgIpc) is 3.73. The summed E-state index contributed by atoms with van der Waals surface area (Å²) in [6, 6.07) is 54.9. The fraction of sp³-hybridized carbons (Fsp3) is 0.262. The van der Waals surface area contributed by atoms with Crippen LogP contribution in [0.2, 0.25) is 0 Å². The molecule has 8 aromatic carbocycles. The molecule has 0 amide bonds. The molecule has 3 aliphatic heterocycles. The van der Waals surface area contributed by atoms with E-state index in [0.29, 0.717) is 5.75 Å². The normalized spacial score (nSPS) is 16.1. The van der Waals surface area contributed by atoms with Crippen molar-refractivity contribution in [1.29, 1.82) is 0 Å². The summed E-state index contributed by atoms with van der Waals surface area (Å²) < 4.78 is 16.4. The van der Waals surface area contributed by atoms with Gasteiger partial charge in [-0.05, 0) is 140 Å². The molecule has 0 N–H and O–H groups in total. The zero-order valence-electron chi connectivity index (χ0n) is 43.0. The maximum atomic E-state index is 6.93. The van der Waals surface area contributed by atoms with Gasteiger partial charge in [-0.25, -0.2) is 0 Å². The van der Waals surface area contributed by atoms with E-state index >= 15 is 0 Å². The van der Waals surface area contributed by atoms with Crippen molar-refractivity contribution in [3.05, 3.63) is 173 Å². The standard InChI is InChI=1S/C65H61BN2O2S/c1-38-31-47-48(65(10,11)30-29-64(47,8)9)35-51(38)67-52-37-57-56(69-54-22-16-17-23-55(54)70-57)36-49(52)66-59-46(33-41(34-53(59)67)63(5,6)7)43-26-27-44-42-21-15-18-24-58(42)71-61(44)60(43)68(66)50-28-25-40(62(2,3)4)32-45(50)39-19-13-12-14-20-39/h12-28,31-37H,29-30H2,1-11H3. The molecule has 0 radical (unpaired) electrons. The second kappa shape index (κ2) is 15.1. The van der Waals surface area contributed by atoms with Crippen LogP contribution in [-0.4, -0.2) is 6.85 Å². The maximum Gasteiger partial charge on any atom is 0.333 e. The molecule has 0 atom stereocenters. The molecule has 0 saturated heterocycles. The SMILES string of the molecule is Cc1cc2c(cc1N1c3cc4c(cc3B3c5c(cc(C(C)(C)C)cc51)-c1ccc5c(sc6ccccc65)c1N3c1ccc(C(C)(C)C)cc1-c1ccccc1)Oc1ccccc1O4)C(C)(C)CCC2(C)C. The lowest BCUT2D eigenvalue weighted by Gasteiger charge is -2.48. The highest BCUT2D eigenvalue weighted by Crippen LogP contribution is 2.57. The third kappa shape index (κ3) is 6.69. The number of hydrogen-bond donors (Lipinski definition) is 0. The molecule has 4 aliphatic rings. The fourth-order valence-corrected chi connectivity index (χ4v) is 13.5. The van der Waals surface area contributed by atoms with E-state index < -0.39 is 0 Å². The Hall–Kier alpha value is -6.76. The number of fused-ring (bicyclic) bond motifs is 11. The van der Waals surface area contributed by atoms with Crippen LogP contribution in [0, 0.1) is 6.92 Å². The first-order valence-corrected chi connectivity index (χ1v) is 26.4. The van der Waals surface area contributed by atoms with Crippen LogP contribution in [0.1, 0.15) is 110 Å². The molecule has 6 heteroatoms. The molecule has 1 aliphatic carbocycles. The molecule has 0 spiro atoms. The molecule has 71 heavy (non-hydrogen) atoms. The average molecular weight is 945 g/mol. The van der Waals surface area contributed by atoms with Crippen LogP contribution in [0.4, 0.5) is 28.4 Å². The highest BCUT2D eigenvalue weighted by molar-refractivity contribution is 7.26. The Labute approximate surface area is 424 Å². The number of para-hydroxylation sites is 2. The number of thiophene rings is 1. The number of ether oxygens (including phenoxy) is 2. The van der Waals surface area contributed by atoms with Gasteiger partial charge in [-0.15, -0.1) is 11.3 Å². The summed E-state index contributed by atoms with van der Waals surface area (Å²) in [5.41, 5.74) is 20.0. The molecule has 4 heterocycles. The summed E-state index contributed by atoms with van der Waals surface area (Å²) in [4.78, 5) is 5.34. The first-order valence-electron chi connectivity index (χ1n) is 25.6. The third-order valence-corrected chi connectivity index (χ3v) is 17.6. The van der Waals surface area contributed by atoms with Gasteiger partial charge in [-0.3, -0.25) is 0 Å². The molecule has 1 aromatic heterocycles. The third-order valence-electron chi connectivity index (χ3n) is 16.4. The molecule has 352 valence electrons. The van der Waals surface area contributed by atoms with E-state index in [1.807, 2.05) is 35.6 Å². The fourth-order valence-electron chi connectivity index (χ4n) is 12.2. The van der Waals surface area contributed by atoms with Crippen LogP contribution in [-0.2, 0) is 21.7 Å². The Morgan fingerprint density at radius 3 is 1.86 bits per heavy atom. The van der Waals surface area contributed by atoms with Gasteiger partial charge in [-0.1, -0.05) is 160 Å². The number of hydrogen-bond acceptors (Lipinski definition) is 5. The topological polar surface area (TPSA) is 24.9 Å². The maximum absolute atomic E-state index is 6.93. The lowest BCUT2D eigenvalue weighted by atomic mass is 9.43. The van der Waals surface area contributed by atoms with Gasteiger partial charge in [0.25, 0.3) is 0 Å². The minimum atomic E-state index is -0.258. The van der Waals surface area contributed by atoms with Gasteiger partial charge < -0.3 is 19.2 Å². The quantitative estimate of drug-likeness (QED) is 0.165. The minimum Gasteiger partial charge on any atom is -0.450 e. The molecule has 9 aromatic rings. The Kier molecular flexibility index (Phi) is 9.42. The van der Waals surface area contributed by atoms with Crippen LogP contribution in [0.25, 0.3) is 42.4 Å². The first kappa shape index (κ1) is 44.2. The summed E-state index contributed by atoms with van der Waals surface area (Å²) in [6.07, 6.45) is 2.30. The molecule has 0 fully saturated rings. The predicted molar refractivity (Wildman–Crippen MR) is 303 cm³/mol. The number of nitrogens with zero attached hydrogens (tertiary/aromatic N) is 2. The van der Waals surface area contributed by atoms with Crippen molar-refractivity contribution in [2.75, 3.05) is 9.71 Å². The van der Waals surface area contributed by atoms with E-state index in [2.05, 4.69) is 207 Å². The lowest BCUT2D eigenvalue weighted by Crippen LogP contribution is -2.62. The van der Waals surface area contributed by atoms with Crippen molar-refractivity contribution >= 4 is 77.7 Å². The van der Waals surface area contributed by atoms with Crippen molar-refractivity contribution < 1.29 is 9.47 Å². The van der Waals surface area contributed by atoms with E-state index in [-0.39, 0.29) is 28.5 Å². The van der Waals surface area contributed by atoms with Gasteiger partial charge in [0.2, 0.25) is 0 Å². The Balaban J connectivity index is 1.20. The zero-order chi connectivity index (χ0) is 49.1. The molecule has 13 rings (SSSR count). The van der Waals surface area contributed by atoms with Crippen molar-refractivity contribution in [2.24, 2.45) is 0 Å². The lowest BCUT2D eigenvalue weighted by molar-refractivity contribution is 0.332. The van der Waals surface area contributed by atoms with Gasteiger partial charge in [-0.2, -0.15) is 0 Å². The van der Waals surface area contributed by atoms with Gasteiger partial charge in [0, 0.05) is 55.4 Å². The zero-order valence-corrected chi connectivity index (χ0v) is 43.8. The van der Waals surface area contributed by atoms with Gasteiger partial charge in [0.05, 0.1) is 10.4 Å². The minimum absolute atomic E-state index is 0.00999. The van der Waals surface area contributed by atoms with Crippen molar-refractivity contribution in [3.8, 4) is 45.3 Å². The largest absolute Gasteiger partial charge is 0.450 e. The van der Waals surface area contributed by atoms with E-state index in [0.717, 1.165) is 35.8 Å². The predicted octanol–water partition coefficient (Wildman–Crippen LogP) is 17.6. The smallest absolute Gasteiger partial charge is 0.333 e. The van der Waals surface area contributed by atoms with E-state index in [9.17, 15) is 0 Å². The van der Waals surface area contributed by atoms with Crippen LogP contribution >= 0.6 is 11.3 Å². The van der Waals surface area contributed by atoms with Crippen LogP contribution in [0.15, 0.2) is 146 Å².